The summed E-state index contributed by atoms with van der Waals surface area (Å²) < 4.78 is 38.9. The molecule has 2 aromatic carbocycles. The van der Waals surface area contributed by atoms with Gasteiger partial charge in [0.15, 0.2) is 11.5 Å². The molecule has 0 radical (unpaired) electrons. The summed E-state index contributed by atoms with van der Waals surface area (Å²) in [6, 6.07) is 12.7. The predicted octanol–water partition coefficient (Wildman–Crippen LogP) is 2.87. The molecule has 5 N–H and O–H groups in total. The zero-order valence-corrected chi connectivity index (χ0v) is 22.8. The van der Waals surface area contributed by atoms with E-state index in [1.165, 1.54) is 45.6 Å². The summed E-state index contributed by atoms with van der Waals surface area (Å²) >= 11 is 1.12. The molecule has 0 unspecified atom stereocenters. The van der Waals surface area contributed by atoms with Crippen molar-refractivity contribution < 1.29 is 27.4 Å². The second-order valence-electron chi connectivity index (χ2n) is 7.78. The van der Waals surface area contributed by atoms with E-state index in [0.29, 0.717) is 28.5 Å². The number of nitriles is 2. The molecule has 0 fully saturated rings. The van der Waals surface area contributed by atoms with Gasteiger partial charge in [0.25, 0.3) is 0 Å². The molecule has 202 valence electrons. The van der Waals surface area contributed by atoms with Crippen LogP contribution >= 0.6 is 11.8 Å². The van der Waals surface area contributed by atoms with Gasteiger partial charge >= 0.3 is 0 Å². The molecule has 0 saturated carbocycles. The van der Waals surface area contributed by atoms with E-state index >= 15 is 0 Å². The molecule has 0 aliphatic carbocycles. The first-order chi connectivity index (χ1) is 18.6. The number of amides is 1. The highest BCUT2D eigenvalue weighted by atomic mass is 32.2. The van der Waals surface area contributed by atoms with Gasteiger partial charge in [-0.3, -0.25) is 4.79 Å². The molecule has 12 nitrogen and oxygen atoms in total. The third kappa shape index (κ3) is 6.50. The Balaban J connectivity index is 1.88. The van der Waals surface area contributed by atoms with Gasteiger partial charge in [0.1, 0.15) is 28.5 Å². The molecule has 1 aromatic heterocycles. The maximum Gasteiger partial charge on any atom is 0.238 e. The molecule has 1 amide bonds. The molecule has 39 heavy (non-hydrogen) atoms. The number of carbonyl (C=O) groups excluding carboxylic acids is 1. The molecule has 0 aliphatic rings. The number of nitrogen functional groups attached to an aromatic ring is 1. The minimum atomic E-state index is -3.84. The molecular formula is C25H24N6O6S2. The van der Waals surface area contributed by atoms with Gasteiger partial charge in [0.2, 0.25) is 21.7 Å². The lowest BCUT2D eigenvalue weighted by Gasteiger charge is -2.17. The number of anilines is 2. The number of hydrogen-bond donors (Lipinski definition) is 3. The smallest absolute Gasteiger partial charge is 0.238 e. The Morgan fingerprint density at radius 3 is 2.10 bits per heavy atom. The van der Waals surface area contributed by atoms with Crippen molar-refractivity contribution in [2.45, 2.75) is 16.3 Å². The standard InChI is InChI=1S/C25H24N6O6S2/c1-35-19-10-14(11-20(36-2)23(19)37-3)22-17(12-26)24(28)31-25(18(22)13-27)38-9-8-21(32)30-15-4-6-16(7-5-15)39(29,33)34/h4-7,10-11H,8-9H2,1-3H3,(H2,28,31)(H,30,32)(H2,29,33,34). The van der Waals surface area contributed by atoms with Crippen molar-refractivity contribution in [2.24, 2.45) is 5.14 Å². The summed E-state index contributed by atoms with van der Waals surface area (Å²) in [5.74, 6) is 0.764. The van der Waals surface area contributed by atoms with Crippen LogP contribution in [0.4, 0.5) is 11.5 Å². The Hall–Kier alpha value is -4.50. The summed E-state index contributed by atoms with van der Waals surface area (Å²) in [6.45, 7) is 0. The topological polar surface area (TPSA) is 203 Å². The lowest BCUT2D eigenvalue weighted by molar-refractivity contribution is -0.115. The van der Waals surface area contributed by atoms with Crippen molar-refractivity contribution in [1.82, 2.24) is 4.98 Å². The van der Waals surface area contributed by atoms with Gasteiger partial charge in [-0.15, -0.1) is 11.8 Å². The van der Waals surface area contributed by atoms with Crippen molar-refractivity contribution in [1.29, 1.82) is 10.5 Å². The van der Waals surface area contributed by atoms with Crippen molar-refractivity contribution in [2.75, 3.05) is 38.1 Å². The number of nitrogens with one attached hydrogen (secondary N) is 1. The van der Waals surface area contributed by atoms with E-state index < -0.39 is 10.0 Å². The summed E-state index contributed by atoms with van der Waals surface area (Å²) in [5.41, 5.74) is 7.25. The number of benzene rings is 2. The summed E-state index contributed by atoms with van der Waals surface area (Å²) in [7, 11) is 0.499. The lowest BCUT2D eigenvalue weighted by atomic mass is 9.96. The van der Waals surface area contributed by atoms with E-state index in [2.05, 4.69) is 16.4 Å². The van der Waals surface area contributed by atoms with Crippen LogP contribution in [-0.2, 0) is 14.8 Å². The fourth-order valence-corrected chi connectivity index (χ4v) is 5.06. The molecule has 0 bridgehead atoms. The van der Waals surface area contributed by atoms with Crippen LogP contribution in [0.15, 0.2) is 46.3 Å². The highest BCUT2D eigenvalue weighted by Crippen LogP contribution is 2.44. The Morgan fingerprint density at radius 1 is 1.03 bits per heavy atom. The minimum absolute atomic E-state index is 0.00542. The molecule has 14 heteroatoms. The van der Waals surface area contributed by atoms with Gasteiger partial charge in [-0.25, -0.2) is 18.5 Å². The van der Waals surface area contributed by atoms with Crippen LogP contribution in [-0.4, -0.2) is 46.4 Å². The quantitative estimate of drug-likeness (QED) is 0.303. The largest absolute Gasteiger partial charge is 0.493 e. The van der Waals surface area contributed by atoms with E-state index in [1.54, 1.807) is 12.1 Å². The van der Waals surface area contributed by atoms with Gasteiger partial charge in [-0.1, -0.05) is 0 Å². The number of nitrogens with zero attached hydrogens (tertiary/aromatic N) is 3. The van der Waals surface area contributed by atoms with Gasteiger partial charge < -0.3 is 25.3 Å². The summed E-state index contributed by atoms with van der Waals surface area (Å²) in [4.78, 5) is 16.6. The van der Waals surface area contributed by atoms with E-state index in [9.17, 15) is 23.7 Å². The molecule has 3 aromatic rings. The average Bonchev–Trinajstić information content (AvgIpc) is 2.91. The monoisotopic (exact) mass is 568 g/mol. The van der Waals surface area contributed by atoms with Crippen molar-refractivity contribution in [3.05, 3.63) is 47.5 Å². The van der Waals surface area contributed by atoms with Crippen LogP contribution in [0.5, 0.6) is 17.2 Å². The molecule has 3 rings (SSSR count). The fraction of sp³-hybridized carbons (Fsp3) is 0.200. The van der Waals surface area contributed by atoms with E-state index in [1.807, 2.05) is 6.07 Å². The highest BCUT2D eigenvalue weighted by Gasteiger charge is 2.24. The minimum Gasteiger partial charge on any atom is -0.493 e. The van der Waals surface area contributed by atoms with E-state index in [-0.39, 0.29) is 50.5 Å². The first kappa shape index (κ1) is 29.1. The normalized spacial score (nSPS) is 10.7. The van der Waals surface area contributed by atoms with Gasteiger partial charge in [-0.2, -0.15) is 10.5 Å². The molecule has 0 saturated heterocycles. The zero-order valence-electron chi connectivity index (χ0n) is 21.1. The molecule has 0 spiro atoms. The van der Waals surface area contributed by atoms with Crippen molar-refractivity contribution >= 4 is 39.2 Å². The summed E-state index contributed by atoms with van der Waals surface area (Å²) in [6.07, 6.45) is 0.0353. The van der Waals surface area contributed by atoms with Crippen LogP contribution < -0.4 is 30.4 Å². The molecule has 0 atom stereocenters. The van der Waals surface area contributed by atoms with Crippen LogP contribution in [0.2, 0.25) is 0 Å². The first-order valence-electron chi connectivity index (χ1n) is 11.1. The maximum absolute atomic E-state index is 12.4. The number of carbonyl (C=O) groups is 1. The zero-order chi connectivity index (χ0) is 28.7. The number of aromatic nitrogens is 1. The summed E-state index contributed by atoms with van der Waals surface area (Å²) in [5, 5.41) is 27.8. The number of hydrogen-bond acceptors (Lipinski definition) is 11. The fourth-order valence-electron chi connectivity index (χ4n) is 3.61. The number of pyridine rings is 1. The number of rotatable bonds is 10. The molecule has 1 heterocycles. The number of nitrogens with two attached hydrogens (primary N) is 2. The first-order valence-corrected chi connectivity index (χ1v) is 13.6. The molecule has 0 aliphatic heterocycles. The molecular weight excluding hydrogens is 544 g/mol. The Kier molecular flexibility index (Phi) is 9.21. The van der Waals surface area contributed by atoms with Crippen LogP contribution in [0.25, 0.3) is 11.1 Å². The van der Waals surface area contributed by atoms with Crippen LogP contribution in [0, 0.1) is 22.7 Å². The second-order valence-corrected chi connectivity index (χ2v) is 10.4. The predicted molar refractivity (Wildman–Crippen MR) is 145 cm³/mol. The second kappa shape index (κ2) is 12.4. The Labute approximate surface area is 229 Å². The van der Waals surface area contributed by atoms with Crippen molar-refractivity contribution in [3.8, 4) is 40.5 Å². The number of sulfonamides is 1. The van der Waals surface area contributed by atoms with Gasteiger partial charge in [0.05, 0.1) is 31.8 Å². The van der Waals surface area contributed by atoms with Crippen molar-refractivity contribution in [3.63, 3.8) is 0 Å². The van der Waals surface area contributed by atoms with E-state index in [4.69, 9.17) is 25.1 Å². The average molecular weight is 569 g/mol. The third-order valence-corrected chi connectivity index (χ3v) is 7.31. The van der Waals surface area contributed by atoms with Gasteiger partial charge in [0, 0.05) is 23.4 Å². The van der Waals surface area contributed by atoms with Crippen LogP contribution in [0.3, 0.4) is 0 Å². The SMILES string of the molecule is COc1cc(-c2c(C#N)c(N)nc(SCCC(=O)Nc3ccc(S(N)(=O)=O)cc3)c2C#N)cc(OC)c1OC. The Bertz CT molecular complexity index is 1570. The number of ether oxygens (including phenoxy) is 3. The number of primary sulfonamides is 1. The number of thioether (sulfide) groups is 1. The lowest BCUT2D eigenvalue weighted by Crippen LogP contribution is -2.14. The highest BCUT2D eigenvalue weighted by molar-refractivity contribution is 7.99. The van der Waals surface area contributed by atoms with Crippen LogP contribution in [0.1, 0.15) is 17.5 Å². The Morgan fingerprint density at radius 2 is 1.62 bits per heavy atom. The third-order valence-electron chi connectivity index (χ3n) is 5.40. The van der Waals surface area contributed by atoms with E-state index in [0.717, 1.165) is 11.8 Å². The number of methoxy groups -OCH3 is 3. The maximum atomic E-state index is 12.4. The van der Waals surface area contributed by atoms with Gasteiger partial charge in [-0.05, 0) is 42.0 Å².